The number of guanidine groups is 1. The molecule has 1 saturated heterocycles. The second-order valence-electron chi connectivity index (χ2n) is 6.51. The highest BCUT2D eigenvalue weighted by atomic mass is 32.1. The van der Waals surface area contributed by atoms with E-state index in [1.165, 1.54) is 11.5 Å². The van der Waals surface area contributed by atoms with Crippen molar-refractivity contribution in [3.8, 4) is 0 Å². The summed E-state index contributed by atoms with van der Waals surface area (Å²) in [6, 6.07) is 0. The lowest BCUT2D eigenvalue weighted by Crippen LogP contribution is -2.53. The highest BCUT2D eigenvalue weighted by Gasteiger charge is 2.27. The van der Waals surface area contributed by atoms with Crippen molar-refractivity contribution >= 4 is 22.6 Å². The number of aryl methyl sites for hydroxylation is 1. The Kier molecular flexibility index (Phi) is 5.89. The Labute approximate surface area is 148 Å². The van der Waals surface area contributed by atoms with Crippen LogP contribution in [0, 0.1) is 5.92 Å². The molecule has 0 amide bonds. The van der Waals surface area contributed by atoms with E-state index in [0.717, 1.165) is 75.3 Å². The van der Waals surface area contributed by atoms with Crippen molar-refractivity contribution in [1.29, 1.82) is 0 Å². The van der Waals surface area contributed by atoms with Gasteiger partial charge in [0.15, 0.2) is 5.96 Å². The zero-order valence-electron chi connectivity index (χ0n) is 14.6. The van der Waals surface area contributed by atoms with Crippen LogP contribution < -0.4 is 10.2 Å². The molecule has 1 aliphatic heterocycles. The average molecular weight is 353 g/mol. The molecule has 1 saturated carbocycles. The van der Waals surface area contributed by atoms with E-state index < -0.39 is 0 Å². The molecule has 2 heterocycles. The molecule has 0 bridgehead atoms. The van der Waals surface area contributed by atoms with Crippen molar-refractivity contribution in [2.24, 2.45) is 10.9 Å². The minimum absolute atomic E-state index is 0.155. The van der Waals surface area contributed by atoms with Crippen LogP contribution in [0.2, 0.25) is 0 Å². The molecule has 0 spiro atoms. The van der Waals surface area contributed by atoms with Gasteiger partial charge in [-0.05, 0) is 12.8 Å². The minimum Gasteiger partial charge on any atom is -0.393 e. The third-order valence-corrected chi connectivity index (χ3v) is 5.79. The van der Waals surface area contributed by atoms with E-state index in [9.17, 15) is 5.11 Å². The smallest absolute Gasteiger partial charge is 0.205 e. The highest BCUT2D eigenvalue weighted by Crippen LogP contribution is 2.24. The van der Waals surface area contributed by atoms with Crippen molar-refractivity contribution < 1.29 is 5.11 Å². The highest BCUT2D eigenvalue weighted by molar-refractivity contribution is 7.09. The van der Waals surface area contributed by atoms with Gasteiger partial charge in [0.05, 0.1) is 6.10 Å². The number of rotatable bonds is 4. The fraction of sp³-hybridized carbons (Fsp3) is 0.812. The number of aromatic nitrogens is 2. The lowest BCUT2D eigenvalue weighted by Gasteiger charge is -2.36. The van der Waals surface area contributed by atoms with Crippen LogP contribution in [0.5, 0.6) is 0 Å². The molecular weight excluding hydrogens is 324 g/mol. The largest absolute Gasteiger partial charge is 0.393 e. The van der Waals surface area contributed by atoms with Crippen LogP contribution in [0.15, 0.2) is 4.99 Å². The summed E-state index contributed by atoms with van der Waals surface area (Å²) in [6.45, 7) is 6.61. The average Bonchev–Trinajstić information content (AvgIpc) is 3.25. The number of nitrogens with zero attached hydrogens (tertiary/aromatic N) is 5. The first-order valence-electron chi connectivity index (χ1n) is 8.92. The van der Waals surface area contributed by atoms with E-state index in [0.29, 0.717) is 5.92 Å². The molecule has 2 N–H and O–H groups in total. The fourth-order valence-electron chi connectivity index (χ4n) is 3.44. The number of aliphatic hydroxyl groups is 1. The first kappa shape index (κ1) is 17.4. The quantitative estimate of drug-likeness (QED) is 0.621. The molecule has 1 aliphatic carbocycles. The molecule has 3 rings (SSSR count). The number of anilines is 1. The molecule has 2 aliphatic rings. The van der Waals surface area contributed by atoms with Crippen LogP contribution in [0.1, 0.15) is 32.0 Å². The van der Waals surface area contributed by atoms with E-state index in [1.807, 2.05) is 7.05 Å². The Bertz CT molecular complexity index is 555. The molecule has 24 heavy (non-hydrogen) atoms. The molecule has 2 fully saturated rings. The number of aliphatic imine (C=N–C) groups is 1. The summed E-state index contributed by atoms with van der Waals surface area (Å²) in [7, 11) is 1.83. The zero-order chi connectivity index (χ0) is 16.9. The summed E-state index contributed by atoms with van der Waals surface area (Å²) < 4.78 is 4.38. The Hall–Kier alpha value is -1.41. The number of aliphatic hydroxyl groups excluding tert-OH is 1. The van der Waals surface area contributed by atoms with Gasteiger partial charge in [-0.3, -0.25) is 4.99 Å². The van der Waals surface area contributed by atoms with Gasteiger partial charge in [0, 0.05) is 63.6 Å². The normalized spacial score (nSPS) is 25.4. The molecule has 8 heteroatoms. The third kappa shape index (κ3) is 3.97. The predicted octanol–water partition coefficient (Wildman–Crippen LogP) is 0.959. The van der Waals surface area contributed by atoms with Gasteiger partial charge in [-0.25, -0.2) is 4.98 Å². The van der Waals surface area contributed by atoms with Crippen LogP contribution in [0.4, 0.5) is 5.13 Å². The predicted molar refractivity (Wildman–Crippen MR) is 97.8 cm³/mol. The van der Waals surface area contributed by atoms with Gasteiger partial charge in [0.2, 0.25) is 5.13 Å². The van der Waals surface area contributed by atoms with Gasteiger partial charge in [0.1, 0.15) is 5.82 Å². The van der Waals surface area contributed by atoms with Crippen LogP contribution in [-0.2, 0) is 6.42 Å². The first-order valence-corrected chi connectivity index (χ1v) is 9.69. The van der Waals surface area contributed by atoms with Crippen molar-refractivity contribution in [3.63, 3.8) is 0 Å². The standard InChI is InChI=1S/C16H28N6OS/c1-3-14-19-16(24-20-14)22-9-7-21(8-10-22)15(17-2)18-11-12-5-4-6-13(12)23/h12-13,23H,3-11H2,1-2H3,(H,17,18). The maximum atomic E-state index is 9.96. The summed E-state index contributed by atoms with van der Waals surface area (Å²) in [5.41, 5.74) is 0. The Balaban J connectivity index is 1.49. The topological polar surface area (TPSA) is 76.9 Å². The SMILES string of the molecule is CCc1nsc(N2CCN(C(=NC)NCC3CCCC3O)CC2)n1. The second kappa shape index (κ2) is 8.11. The molecule has 2 unspecified atom stereocenters. The summed E-state index contributed by atoms with van der Waals surface area (Å²) >= 11 is 1.50. The van der Waals surface area contributed by atoms with E-state index in [4.69, 9.17) is 0 Å². The molecule has 0 radical (unpaired) electrons. The Morgan fingerprint density at radius 1 is 1.33 bits per heavy atom. The van der Waals surface area contributed by atoms with Gasteiger partial charge in [-0.15, -0.1) is 0 Å². The van der Waals surface area contributed by atoms with Crippen molar-refractivity contribution in [2.75, 3.05) is 44.7 Å². The van der Waals surface area contributed by atoms with E-state index >= 15 is 0 Å². The van der Waals surface area contributed by atoms with Crippen LogP contribution in [0.3, 0.4) is 0 Å². The lowest BCUT2D eigenvalue weighted by atomic mass is 10.1. The maximum absolute atomic E-state index is 9.96. The second-order valence-corrected chi connectivity index (χ2v) is 7.24. The maximum Gasteiger partial charge on any atom is 0.205 e. The van der Waals surface area contributed by atoms with Crippen LogP contribution in [-0.4, -0.2) is 71.2 Å². The van der Waals surface area contributed by atoms with Gasteiger partial charge in [0.25, 0.3) is 0 Å². The van der Waals surface area contributed by atoms with Crippen molar-refractivity contribution in [1.82, 2.24) is 19.6 Å². The fourth-order valence-corrected chi connectivity index (χ4v) is 4.24. The van der Waals surface area contributed by atoms with Crippen LogP contribution >= 0.6 is 11.5 Å². The zero-order valence-corrected chi connectivity index (χ0v) is 15.4. The van der Waals surface area contributed by atoms with E-state index in [-0.39, 0.29) is 6.10 Å². The Morgan fingerprint density at radius 3 is 2.71 bits per heavy atom. The Morgan fingerprint density at radius 2 is 2.12 bits per heavy atom. The number of piperazine rings is 1. The van der Waals surface area contributed by atoms with Gasteiger partial charge in [-0.2, -0.15) is 4.37 Å². The molecule has 1 aromatic rings. The molecule has 1 aromatic heterocycles. The third-order valence-electron chi connectivity index (χ3n) is 4.98. The van der Waals surface area contributed by atoms with Crippen molar-refractivity contribution in [3.05, 3.63) is 5.82 Å². The van der Waals surface area contributed by atoms with E-state index in [2.05, 4.69) is 36.4 Å². The molecule has 134 valence electrons. The molecule has 7 nitrogen and oxygen atoms in total. The number of nitrogens with one attached hydrogen (secondary N) is 1. The molecule has 0 aromatic carbocycles. The summed E-state index contributed by atoms with van der Waals surface area (Å²) in [6.07, 6.45) is 3.91. The summed E-state index contributed by atoms with van der Waals surface area (Å²) in [4.78, 5) is 13.6. The minimum atomic E-state index is -0.155. The monoisotopic (exact) mass is 352 g/mol. The van der Waals surface area contributed by atoms with Gasteiger partial charge in [-0.1, -0.05) is 13.3 Å². The summed E-state index contributed by atoms with van der Waals surface area (Å²) in [5.74, 6) is 2.24. The van der Waals surface area contributed by atoms with Gasteiger partial charge < -0.3 is 20.2 Å². The summed E-state index contributed by atoms with van der Waals surface area (Å²) in [5, 5.41) is 14.4. The van der Waals surface area contributed by atoms with Gasteiger partial charge >= 0.3 is 0 Å². The number of hydrogen-bond acceptors (Lipinski definition) is 6. The number of hydrogen-bond donors (Lipinski definition) is 2. The lowest BCUT2D eigenvalue weighted by molar-refractivity contribution is 0.133. The molecule has 2 atom stereocenters. The van der Waals surface area contributed by atoms with Crippen LogP contribution in [0.25, 0.3) is 0 Å². The van der Waals surface area contributed by atoms with Crippen molar-refractivity contribution in [2.45, 2.75) is 38.7 Å². The van der Waals surface area contributed by atoms with E-state index in [1.54, 1.807) is 0 Å². The molecular formula is C16H28N6OS. The first-order chi connectivity index (χ1) is 11.7.